The van der Waals surface area contributed by atoms with Gasteiger partial charge in [-0.1, -0.05) is 26.0 Å². The van der Waals surface area contributed by atoms with E-state index < -0.39 is 0 Å². The molecule has 0 saturated carbocycles. The molecule has 48 valence electrons. The Morgan fingerprint density at radius 2 is 2.00 bits per heavy atom. The van der Waals surface area contributed by atoms with Gasteiger partial charge in [-0.25, -0.2) is 0 Å². The van der Waals surface area contributed by atoms with Gasteiger partial charge in [0.05, 0.1) is 0 Å². The van der Waals surface area contributed by atoms with Crippen molar-refractivity contribution in [2.24, 2.45) is 5.92 Å². The largest absolute Gasteiger partial charge is 0.122 e. The lowest BCUT2D eigenvalue weighted by atomic mass is 10.1. The van der Waals surface area contributed by atoms with Crippen molar-refractivity contribution < 1.29 is 0 Å². The van der Waals surface area contributed by atoms with Crippen LogP contribution in [0.2, 0.25) is 0 Å². The van der Waals surface area contributed by atoms with E-state index in [9.17, 15) is 0 Å². The van der Waals surface area contributed by atoms with Crippen LogP contribution in [0.5, 0.6) is 0 Å². The first-order chi connectivity index (χ1) is 3.77. The maximum absolute atomic E-state index is 5.40. The standard InChI is InChI=1S/C7H13Cl/c1-7(2)5-3-4-6-8/h3-4,7H,5-6H2,1-2H3/b4-3+. The van der Waals surface area contributed by atoms with Crippen molar-refractivity contribution in [3.8, 4) is 0 Å². The van der Waals surface area contributed by atoms with E-state index in [4.69, 9.17) is 11.6 Å². The summed E-state index contributed by atoms with van der Waals surface area (Å²) >= 11 is 5.40. The number of alkyl halides is 1. The van der Waals surface area contributed by atoms with Crippen molar-refractivity contribution in [2.45, 2.75) is 20.3 Å². The molecule has 0 aromatic rings. The van der Waals surface area contributed by atoms with Gasteiger partial charge in [0.2, 0.25) is 0 Å². The lowest BCUT2D eigenvalue weighted by Gasteiger charge is -1.94. The summed E-state index contributed by atoms with van der Waals surface area (Å²) in [6.45, 7) is 4.39. The summed E-state index contributed by atoms with van der Waals surface area (Å²) in [5, 5.41) is 0. The highest BCUT2D eigenvalue weighted by Gasteiger charge is 1.84. The van der Waals surface area contributed by atoms with Gasteiger partial charge in [0.25, 0.3) is 0 Å². The molecular formula is C7H13Cl. The molecule has 0 N–H and O–H groups in total. The van der Waals surface area contributed by atoms with Crippen molar-refractivity contribution in [2.75, 3.05) is 5.88 Å². The minimum absolute atomic E-state index is 0.646. The van der Waals surface area contributed by atoms with Crippen molar-refractivity contribution >= 4 is 11.6 Å². The fourth-order valence-electron chi connectivity index (χ4n) is 0.431. The van der Waals surface area contributed by atoms with Gasteiger partial charge in [0.1, 0.15) is 0 Å². The predicted molar refractivity (Wildman–Crippen MR) is 39.3 cm³/mol. The minimum Gasteiger partial charge on any atom is -0.122 e. The third-order valence-corrected chi connectivity index (χ3v) is 1.04. The second-order valence-electron chi connectivity index (χ2n) is 2.26. The number of halogens is 1. The summed E-state index contributed by atoms with van der Waals surface area (Å²) in [6.07, 6.45) is 5.26. The van der Waals surface area contributed by atoms with Crippen molar-refractivity contribution in [3.63, 3.8) is 0 Å². The molecule has 0 aliphatic rings. The molecule has 0 bridgehead atoms. The summed E-state index contributed by atoms with van der Waals surface area (Å²) in [7, 11) is 0. The first kappa shape index (κ1) is 8.03. The second kappa shape index (κ2) is 5.17. The van der Waals surface area contributed by atoms with Gasteiger partial charge < -0.3 is 0 Å². The Morgan fingerprint density at radius 3 is 2.38 bits per heavy atom. The molecule has 0 nitrogen and oxygen atoms in total. The Bertz CT molecular complexity index is 64.8. The van der Waals surface area contributed by atoms with E-state index in [-0.39, 0.29) is 0 Å². The zero-order chi connectivity index (χ0) is 6.41. The van der Waals surface area contributed by atoms with Gasteiger partial charge >= 0.3 is 0 Å². The summed E-state index contributed by atoms with van der Waals surface area (Å²) in [4.78, 5) is 0. The maximum atomic E-state index is 5.40. The highest BCUT2D eigenvalue weighted by molar-refractivity contribution is 6.18. The summed E-state index contributed by atoms with van der Waals surface area (Å²) in [5.41, 5.74) is 0. The van der Waals surface area contributed by atoms with Crippen LogP contribution in [0.25, 0.3) is 0 Å². The van der Waals surface area contributed by atoms with Crippen LogP contribution in [0.3, 0.4) is 0 Å². The fourth-order valence-corrected chi connectivity index (χ4v) is 0.557. The molecule has 0 aromatic carbocycles. The van der Waals surface area contributed by atoms with Crippen molar-refractivity contribution in [1.82, 2.24) is 0 Å². The molecule has 0 spiro atoms. The average molecular weight is 133 g/mol. The topological polar surface area (TPSA) is 0 Å². The second-order valence-corrected chi connectivity index (χ2v) is 2.56. The molecule has 0 rings (SSSR count). The molecular weight excluding hydrogens is 120 g/mol. The highest BCUT2D eigenvalue weighted by Crippen LogP contribution is 1.99. The Labute approximate surface area is 56.5 Å². The van der Waals surface area contributed by atoms with Crippen LogP contribution < -0.4 is 0 Å². The number of rotatable bonds is 3. The third-order valence-electron chi connectivity index (χ3n) is 0.863. The molecule has 0 amide bonds. The first-order valence-corrected chi connectivity index (χ1v) is 3.51. The van der Waals surface area contributed by atoms with E-state index in [2.05, 4.69) is 19.9 Å². The van der Waals surface area contributed by atoms with Gasteiger partial charge in [0, 0.05) is 5.88 Å². The molecule has 1 heteroatoms. The van der Waals surface area contributed by atoms with Crippen LogP contribution in [0.1, 0.15) is 20.3 Å². The normalized spacial score (nSPS) is 11.5. The average Bonchev–Trinajstić information content (AvgIpc) is 1.66. The van der Waals surface area contributed by atoms with Crippen LogP contribution in [-0.4, -0.2) is 5.88 Å². The van der Waals surface area contributed by atoms with Gasteiger partial charge in [-0.2, -0.15) is 0 Å². The third kappa shape index (κ3) is 6.03. The molecule has 0 saturated heterocycles. The zero-order valence-electron chi connectivity index (χ0n) is 5.52. The fraction of sp³-hybridized carbons (Fsp3) is 0.714. The van der Waals surface area contributed by atoms with Gasteiger partial charge in [-0.3, -0.25) is 0 Å². The van der Waals surface area contributed by atoms with Crippen LogP contribution in [0.4, 0.5) is 0 Å². The SMILES string of the molecule is CC(C)C/C=C/CCl. The van der Waals surface area contributed by atoms with E-state index >= 15 is 0 Å². The van der Waals surface area contributed by atoms with Gasteiger partial charge in [-0.05, 0) is 12.3 Å². The number of hydrogen-bond acceptors (Lipinski definition) is 0. The number of hydrogen-bond donors (Lipinski definition) is 0. The quantitative estimate of drug-likeness (QED) is 0.409. The molecule has 8 heavy (non-hydrogen) atoms. The molecule has 0 atom stereocenters. The maximum Gasteiger partial charge on any atom is 0.0404 e. The molecule has 0 aliphatic carbocycles. The summed E-state index contributed by atoms with van der Waals surface area (Å²) < 4.78 is 0. The van der Waals surface area contributed by atoms with E-state index in [0.717, 1.165) is 12.3 Å². The Hall–Kier alpha value is 0.0300. The van der Waals surface area contributed by atoms with E-state index in [1.54, 1.807) is 0 Å². The smallest absolute Gasteiger partial charge is 0.0404 e. The van der Waals surface area contributed by atoms with Crippen LogP contribution in [0.15, 0.2) is 12.2 Å². The zero-order valence-corrected chi connectivity index (χ0v) is 6.28. The predicted octanol–water partition coefficient (Wildman–Crippen LogP) is 2.83. The minimum atomic E-state index is 0.646. The Kier molecular flexibility index (Phi) is 5.19. The molecule has 0 unspecified atom stereocenters. The summed E-state index contributed by atoms with van der Waals surface area (Å²) in [6, 6.07) is 0. The lowest BCUT2D eigenvalue weighted by molar-refractivity contribution is 0.663. The van der Waals surface area contributed by atoms with E-state index in [1.807, 2.05) is 6.08 Å². The van der Waals surface area contributed by atoms with Crippen molar-refractivity contribution in [3.05, 3.63) is 12.2 Å². The van der Waals surface area contributed by atoms with E-state index in [1.165, 1.54) is 0 Å². The first-order valence-electron chi connectivity index (χ1n) is 2.98. The molecule has 0 aromatic heterocycles. The molecule has 0 aliphatic heterocycles. The Balaban J connectivity index is 3.03. The van der Waals surface area contributed by atoms with Crippen LogP contribution in [0, 0.1) is 5.92 Å². The monoisotopic (exact) mass is 132 g/mol. The van der Waals surface area contributed by atoms with E-state index in [0.29, 0.717) is 5.88 Å². The summed E-state index contributed by atoms with van der Waals surface area (Å²) in [5.74, 6) is 1.40. The molecule has 0 fully saturated rings. The molecule has 0 radical (unpaired) electrons. The van der Waals surface area contributed by atoms with Crippen molar-refractivity contribution in [1.29, 1.82) is 0 Å². The Morgan fingerprint density at radius 1 is 1.38 bits per heavy atom. The van der Waals surface area contributed by atoms with Crippen LogP contribution >= 0.6 is 11.6 Å². The lowest BCUT2D eigenvalue weighted by Crippen LogP contribution is -1.80. The van der Waals surface area contributed by atoms with Gasteiger partial charge in [0.15, 0.2) is 0 Å². The highest BCUT2D eigenvalue weighted by atomic mass is 35.5. The number of allylic oxidation sites excluding steroid dienone is 2. The van der Waals surface area contributed by atoms with Gasteiger partial charge in [-0.15, -0.1) is 11.6 Å². The van der Waals surface area contributed by atoms with Crippen LogP contribution in [-0.2, 0) is 0 Å². The molecule has 0 heterocycles.